The second-order valence-electron chi connectivity index (χ2n) is 4.00. The lowest BCUT2D eigenvalue weighted by Crippen LogP contribution is -2.24. The van der Waals surface area contributed by atoms with E-state index in [1.54, 1.807) is 0 Å². The van der Waals surface area contributed by atoms with E-state index in [9.17, 15) is 4.79 Å². The van der Waals surface area contributed by atoms with Gasteiger partial charge in [-0.25, -0.2) is 0 Å². The number of carbonyl (C=O) groups excluding carboxylic acids is 1. The van der Waals surface area contributed by atoms with E-state index in [0.717, 1.165) is 25.2 Å². The Kier molecular flexibility index (Phi) is 4.02. The first-order valence-electron chi connectivity index (χ1n) is 5.24. The first-order valence-corrected chi connectivity index (χ1v) is 5.24. The molecule has 2 unspecified atom stereocenters. The number of terminal acetylenes is 1. The minimum atomic E-state index is 0.176. The van der Waals surface area contributed by atoms with Crippen LogP contribution < -0.4 is 0 Å². The number of rotatable bonds is 3. The highest BCUT2D eigenvalue weighted by molar-refractivity contribution is 5.82. The van der Waals surface area contributed by atoms with E-state index >= 15 is 0 Å². The summed E-state index contributed by atoms with van der Waals surface area (Å²) in [5.74, 6) is 3.93. The Morgan fingerprint density at radius 1 is 1.62 bits per heavy atom. The summed E-state index contributed by atoms with van der Waals surface area (Å²) in [4.78, 5) is 11.4. The zero-order valence-corrected chi connectivity index (χ0v) is 8.38. The Bertz CT molecular complexity index is 212. The van der Waals surface area contributed by atoms with Gasteiger partial charge in [0.2, 0.25) is 0 Å². The number of Topliss-reactive ketones (excluding diaryl/α,β-unsaturated/α-hetero) is 1. The van der Waals surface area contributed by atoms with Gasteiger partial charge in [-0.05, 0) is 18.8 Å². The van der Waals surface area contributed by atoms with Gasteiger partial charge in [0.1, 0.15) is 5.78 Å². The summed E-state index contributed by atoms with van der Waals surface area (Å²) >= 11 is 0. The molecule has 72 valence electrons. The van der Waals surface area contributed by atoms with E-state index in [2.05, 4.69) is 12.8 Å². The highest BCUT2D eigenvalue weighted by Crippen LogP contribution is 2.31. The smallest absolute Gasteiger partial charge is 0.136 e. The molecule has 1 nitrogen and oxygen atoms in total. The molecule has 0 heterocycles. The maximum Gasteiger partial charge on any atom is 0.136 e. The van der Waals surface area contributed by atoms with Crippen molar-refractivity contribution in [1.29, 1.82) is 0 Å². The van der Waals surface area contributed by atoms with Gasteiger partial charge in [-0.3, -0.25) is 4.79 Å². The fraction of sp³-hybridized carbons (Fsp3) is 0.750. The molecule has 0 aliphatic heterocycles. The second-order valence-corrected chi connectivity index (χ2v) is 4.00. The third-order valence-corrected chi connectivity index (χ3v) is 2.93. The highest BCUT2D eigenvalue weighted by Gasteiger charge is 2.27. The average Bonchev–Trinajstić information content (AvgIpc) is 2.12. The first-order chi connectivity index (χ1) is 6.27. The van der Waals surface area contributed by atoms with Crippen LogP contribution in [-0.4, -0.2) is 5.78 Å². The lowest BCUT2D eigenvalue weighted by atomic mass is 9.77. The fourth-order valence-corrected chi connectivity index (χ4v) is 2.21. The Labute approximate surface area is 80.9 Å². The minimum Gasteiger partial charge on any atom is -0.299 e. The molecule has 0 aromatic rings. The molecule has 1 heteroatoms. The van der Waals surface area contributed by atoms with Crippen LogP contribution in [0.2, 0.25) is 0 Å². The number of hydrogen-bond acceptors (Lipinski definition) is 1. The third-order valence-electron chi connectivity index (χ3n) is 2.93. The standard InChI is InChI=1S/C12H18O/c1-3-5-10-7-8-12(13)11(9-10)6-4-2/h2,10-11H,3,5-9H2,1H3. The number of carbonyl (C=O) groups is 1. The van der Waals surface area contributed by atoms with Gasteiger partial charge >= 0.3 is 0 Å². The van der Waals surface area contributed by atoms with Crippen LogP contribution in [0.4, 0.5) is 0 Å². The topological polar surface area (TPSA) is 17.1 Å². The second kappa shape index (κ2) is 5.07. The summed E-state index contributed by atoms with van der Waals surface area (Å²) < 4.78 is 0. The molecule has 13 heavy (non-hydrogen) atoms. The van der Waals surface area contributed by atoms with E-state index in [4.69, 9.17) is 6.42 Å². The zero-order chi connectivity index (χ0) is 9.68. The van der Waals surface area contributed by atoms with Crippen molar-refractivity contribution in [3.63, 3.8) is 0 Å². The monoisotopic (exact) mass is 178 g/mol. The van der Waals surface area contributed by atoms with Crippen LogP contribution in [0, 0.1) is 24.2 Å². The lowest BCUT2D eigenvalue weighted by molar-refractivity contribution is -0.125. The summed E-state index contributed by atoms with van der Waals surface area (Å²) in [5, 5.41) is 0. The zero-order valence-electron chi connectivity index (χ0n) is 8.38. The summed E-state index contributed by atoms with van der Waals surface area (Å²) in [6.45, 7) is 2.20. The van der Waals surface area contributed by atoms with Crippen molar-refractivity contribution in [2.75, 3.05) is 0 Å². The molecule has 1 rings (SSSR count). The molecule has 0 spiro atoms. The normalized spacial score (nSPS) is 28.5. The van der Waals surface area contributed by atoms with Gasteiger partial charge in [0, 0.05) is 18.8 Å². The average molecular weight is 178 g/mol. The molecule has 1 aliphatic carbocycles. The maximum atomic E-state index is 11.4. The molecular formula is C12H18O. The molecule has 1 aliphatic rings. The molecule has 0 amide bonds. The summed E-state index contributed by atoms with van der Waals surface area (Å²) in [6.07, 6.45) is 11.3. The van der Waals surface area contributed by atoms with Crippen LogP contribution in [0.3, 0.4) is 0 Å². The van der Waals surface area contributed by atoms with E-state index in [0.29, 0.717) is 12.2 Å². The van der Waals surface area contributed by atoms with Gasteiger partial charge in [0.05, 0.1) is 0 Å². The third kappa shape index (κ3) is 2.88. The van der Waals surface area contributed by atoms with Gasteiger partial charge in [0.25, 0.3) is 0 Å². The molecule has 0 N–H and O–H groups in total. The van der Waals surface area contributed by atoms with Crippen LogP contribution in [0.1, 0.15) is 45.4 Å². The van der Waals surface area contributed by atoms with Gasteiger partial charge in [0.15, 0.2) is 0 Å². The number of hydrogen-bond donors (Lipinski definition) is 0. The largest absolute Gasteiger partial charge is 0.299 e. The molecule has 0 radical (unpaired) electrons. The predicted octanol–water partition coefficient (Wildman–Crippen LogP) is 2.80. The Hall–Kier alpha value is -0.770. The van der Waals surface area contributed by atoms with Crippen molar-refractivity contribution in [3.05, 3.63) is 0 Å². The molecule has 2 atom stereocenters. The molecule has 1 saturated carbocycles. The van der Waals surface area contributed by atoms with Gasteiger partial charge < -0.3 is 0 Å². The van der Waals surface area contributed by atoms with E-state index < -0.39 is 0 Å². The summed E-state index contributed by atoms with van der Waals surface area (Å²) in [7, 11) is 0. The van der Waals surface area contributed by atoms with E-state index in [-0.39, 0.29) is 5.92 Å². The molecule has 0 aromatic heterocycles. The van der Waals surface area contributed by atoms with Gasteiger partial charge in [-0.15, -0.1) is 12.3 Å². The SMILES string of the molecule is C#CCC1CC(CCC)CCC1=O. The minimum absolute atomic E-state index is 0.176. The van der Waals surface area contributed by atoms with E-state index in [1.807, 2.05) is 0 Å². The van der Waals surface area contributed by atoms with Crippen molar-refractivity contribution in [2.24, 2.45) is 11.8 Å². The number of ketones is 1. The fourth-order valence-electron chi connectivity index (χ4n) is 2.21. The van der Waals surface area contributed by atoms with Crippen LogP contribution in [0.25, 0.3) is 0 Å². The molecule has 0 aromatic carbocycles. The van der Waals surface area contributed by atoms with Crippen molar-refractivity contribution in [3.8, 4) is 12.3 Å². The van der Waals surface area contributed by atoms with Gasteiger partial charge in [-0.1, -0.05) is 19.8 Å². The van der Waals surface area contributed by atoms with Crippen molar-refractivity contribution in [1.82, 2.24) is 0 Å². The molecular weight excluding hydrogens is 160 g/mol. The van der Waals surface area contributed by atoms with Crippen molar-refractivity contribution >= 4 is 5.78 Å². The maximum absolute atomic E-state index is 11.4. The quantitative estimate of drug-likeness (QED) is 0.607. The summed E-state index contributed by atoms with van der Waals surface area (Å²) in [5.41, 5.74) is 0. The van der Waals surface area contributed by atoms with Crippen molar-refractivity contribution in [2.45, 2.75) is 45.4 Å². The predicted molar refractivity (Wildman–Crippen MR) is 54.2 cm³/mol. The Morgan fingerprint density at radius 3 is 3.00 bits per heavy atom. The van der Waals surface area contributed by atoms with Gasteiger partial charge in [-0.2, -0.15) is 0 Å². The van der Waals surface area contributed by atoms with Crippen LogP contribution >= 0.6 is 0 Å². The molecule has 0 saturated heterocycles. The lowest BCUT2D eigenvalue weighted by Gasteiger charge is -2.26. The highest BCUT2D eigenvalue weighted by atomic mass is 16.1. The summed E-state index contributed by atoms with van der Waals surface area (Å²) in [6, 6.07) is 0. The first kappa shape index (κ1) is 10.3. The Balaban J connectivity index is 2.43. The van der Waals surface area contributed by atoms with Crippen LogP contribution in [0.15, 0.2) is 0 Å². The van der Waals surface area contributed by atoms with Crippen molar-refractivity contribution < 1.29 is 4.79 Å². The Morgan fingerprint density at radius 2 is 2.38 bits per heavy atom. The van der Waals surface area contributed by atoms with Crippen LogP contribution in [-0.2, 0) is 4.79 Å². The molecule has 1 fully saturated rings. The van der Waals surface area contributed by atoms with Crippen LogP contribution in [0.5, 0.6) is 0 Å². The van der Waals surface area contributed by atoms with E-state index in [1.165, 1.54) is 12.8 Å². The molecule has 0 bridgehead atoms.